The van der Waals surface area contributed by atoms with Crippen molar-refractivity contribution < 1.29 is 14.3 Å². The fourth-order valence-corrected chi connectivity index (χ4v) is 4.13. The topological polar surface area (TPSA) is 78.9 Å². The first-order valence-electron chi connectivity index (χ1n) is 10.1. The van der Waals surface area contributed by atoms with Crippen molar-refractivity contribution in [3.05, 3.63) is 30.0 Å². The zero-order valence-electron chi connectivity index (χ0n) is 17.0. The molecule has 3 heterocycles. The highest BCUT2D eigenvalue weighted by Gasteiger charge is 2.37. The van der Waals surface area contributed by atoms with Gasteiger partial charge in [-0.3, -0.25) is 9.59 Å². The van der Waals surface area contributed by atoms with E-state index >= 15 is 0 Å². The minimum Gasteiger partial charge on any atom is -0.383 e. The van der Waals surface area contributed by atoms with Crippen LogP contribution in [0.1, 0.15) is 12.1 Å². The molecule has 2 fully saturated rings. The second-order valence-electron chi connectivity index (χ2n) is 7.67. The zero-order valence-corrected chi connectivity index (χ0v) is 17.0. The van der Waals surface area contributed by atoms with Gasteiger partial charge in [0.2, 0.25) is 11.8 Å². The highest BCUT2D eigenvalue weighted by atomic mass is 16.5. The van der Waals surface area contributed by atoms with Crippen LogP contribution in [0.2, 0.25) is 0 Å². The van der Waals surface area contributed by atoms with Crippen LogP contribution in [0.4, 0.5) is 5.82 Å². The number of aryl methyl sites for hydroxylation is 1. The molecule has 0 N–H and O–H groups in total. The van der Waals surface area contributed by atoms with Crippen LogP contribution in [0.25, 0.3) is 11.0 Å². The van der Waals surface area contributed by atoms with Gasteiger partial charge in [-0.2, -0.15) is 0 Å². The van der Waals surface area contributed by atoms with Crippen molar-refractivity contribution in [2.45, 2.75) is 13.3 Å². The Kier molecular flexibility index (Phi) is 5.62. The molecule has 2 saturated heterocycles. The van der Waals surface area contributed by atoms with E-state index in [4.69, 9.17) is 9.72 Å². The number of fused-ring (bicyclic) bond motifs is 1. The molecule has 1 unspecified atom stereocenters. The molecule has 8 heteroatoms. The summed E-state index contributed by atoms with van der Waals surface area (Å²) in [5, 5.41) is 0. The van der Waals surface area contributed by atoms with Gasteiger partial charge in [0.25, 0.3) is 0 Å². The highest BCUT2D eigenvalue weighted by molar-refractivity contribution is 5.89. The molecule has 2 aromatic rings. The van der Waals surface area contributed by atoms with Crippen LogP contribution < -0.4 is 4.90 Å². The number of aromatic nitrogens is 2. The number of hydrogen-bond acceptors (Lipinski definition) is 6. The molecule has 0 radical (unpaired) electrons. The molecule has 0 bridgehead atoms. The molecular weight excluding hydrogens is 370 g/mol. The third-order valence-corrected chi connectivity index (χ3v) is 5.74. The molecule has 2 aliphatic rings. The maximum Gasteiger partial charge on any atom is 0.228 e. The van der Waals surface area contributed by atoms with Gasteiger partial charge in [0.1, 0.15) is 0 Å². The number of nitrogens with zero attached hydrogens (tertiary/aromatic N) is 5. The number of carbonyl (C=O) groups excluding carboxylic acids is 2. The summed E-state index contributed by atoms with van der Waals surface area (Å²) in [5.74, 6) is 0.769. The van der Waals surface area contributed by atoms with Crippen LogP contribution in [0.15, 0.2) is 24.3 Å². The van der Waals surface area contributed by atoms with Crippen LogP contribution in [-0.2, 0) is 14.3 Å². The quantitative estimate of drug-likeness (QED) is 0.751. The van der Waals surface area contributed by atoms with Gasteiger partial charge in [0, 0.05) is 52.8 Å². The van der Waals surface area contributed by atoms with Crippen molar-refractivity contribution in [2.24, 2.45) is 5.92 Å². The summed E-state index contributed by atoms with van der Waals surface area (Å²) in [5.41, 5.74) is 2.68. The summed E-state index contributed by atoms with van der Waals surface area (Å²) in [6, 6.07) is 7.86. The molecule has 0 aliphatic carbocycles. The van der Waals surface area contributed by atoms with Crippen LogP contribution in [0, 0.1) is 12.8 Å². The summed E-state index contributed by atoms with van der Waals surface area (Å²) in [6.07, 6.45) is 0.304. The third-order valence-electron chi connectivity index (χ3n) is 5.74. The summed E-state index contributed by atoms with van der Waals surface area (Å²) in [4.78, 5) is 40.3. The summed E-state index contributed by atoms with van der Waals surface area (Å²) < 4.78 is 5.05. The fraction of sp³-hybridized carbons (Fsp3) is 0.524. The lowest BCUT2D eigenvalue weighted by atomic mass is 10.1. The number of hydrogen-bond donors (Lipinski definition) is 0. The standard InChI is InChI=1S/C21H27N5O3/c1-15-20(23-18-6-4-3-5-17(18)22-15)24-7-9-25(10-8-24)21(28)16-13-19(27)26(14-16)11-12-29-2/h3-6,16H,7-14H2,1-2H3. The Labute approximate surface area is 170 Å². The van der Waals surface area contributed by atoms with E-state index in [-0.39, 0.29) is 17.7 Å². The van der Waals surface area contributed by atoms with Gasteiger partial charge in [-0.25, -0.2) is 9.97 Å². The number of benzene rings is 1. The molecule has 1 aromatic carbocycles. The van der Waals surface area contributed by atoms with Crippen LogP contribution in [0.5, 0.6) is 0 Å². The monoisotopic (exact) mass is 397 g/mol. The maximum atomic E-state index is 12.9. The van der Waals surface area contributed by atoms with Crippen molar-refractivity contribution in [1.29, 1.82) is 0 Å². The highest BCUT2D eigenvalue weighted by Crippen LogP contribution is 2.24. The largest absolute Gasteiger partial charge is 0.383 e. The van der Waals surface area contributed by atoms with Crippen molar-refractivity contribution in [1.82, 2.24) is 19.8 Å². The first-order chi connectivity index (χ1) is 14.1. The SMILES string of the molecule is COCCN1CC(C(=O)N2CCN(c3nc4ccccc4nc3C)CC2)CC1=O. The summed E-state index contributed by atoms with van der Waals surface area (Å²) in [6.45, 7) is 6.22. The number of amides is 2. The van der Waals surface area contributed by atoms with Crippen LogP contribution in [0.3, 0.4) is 0 Å². The predicted molar refractivity (Wildman–Crippen MR) is 110 cm³/mol. The fourth-order valence-electron chi connectivity index (χ4n) is 4.13. The molecule has 8 nitrogen and oxygen atoms in total. The number of carbonyl (C=O) groups is 2. The smallest absolute Gasteiger partial charge is 0.228 e. The Hall–Kier alpha value is -2.74. The number of anilines is 1. The summed E-state index contributed by atoms with van der Waals surface area (Å²) >= 11 is 0. The molecule has 29 heavy (non-hydrogen) atoms. The van der Waals surface area contributed by atoms with Gasteiger partial charge in [0.05, 0.1) is 29.3 Å². The Bertz CT molecular complexity index is 910. The van der Waals surface area contributed by atoms with Crippen molar-refractivity contribution in [2.75, 3.05) is 57.9 Å². The molecule has 1 atom stereocenters. The lowest BCUT2D eigenvalue weighted by Gasteiger charge is -2.36. The van der Waals surface area contributed by atoms with E-state index in [9.17, 15) is 9.59 Å². The van der Waals surface area contributed by atoms with Crippen LogP contribution >= 0.6 is 0 Å². The van der Waals surface area contributed by atoms with E-state index in [2.05, 4.69) is 9.88 Å². The van der Waals surface area contributed by atoms with Gasteiger partial charge in [-0.15, -0.1) is 0 Å². The normalized spacial score (nSPS) is 20.0. The Morgan fingerprint density at radius 3 is 2.52 bits per heavy atom. The zero-order chi connectivity index (χ0) is 20.4. The predicted octanol–water partition coefficient (Wildman–Crippen LogP) is 1.08. The maximum absolute atomic E-state index is 12.9. The molecule has 1 aromatic heterocycles. The minimum atomic E-state index is -0.242. The van der Waals surface area contributed by atoms with Gasteiger partial charge in [0.15, 0.2) is 5.82 Å². The van der Waals surface area contributed by atoms with E-state index in [1.165, 1.54) is 0 Å². The van der Waals surface area contributed by atoms with E-state index in [0.717, 1.165) is 22.5 Å². The van der Waals surface area contributed by atoms with Gasteiger partial charge >= 0.3 is 0 Å². The Morgan fingerprint density at radius 2 is 1.83 bits per heavy atom. The third kappa shape index (κ3) is 4.03. The first kappa shape index (κ1) is 19.6. The molecule has 154 valence electrons. The average Bonchev–Trinajstić information content (AvgIpc) is 3.12. The van der Waals surface area contributed by atoms with Crippen molar-refractivity contribution in [3.63, 3.8) is 0 Å². The minimum absolute atomic E-state index is 0.0427. The van der Waals surface area contributed by atoms with Crippen LogP contribution in [-0.4, -0.2) is 84.6 Å². The molecule has 2 amide bonds. The van der Waals surface area contributed by atoms with Gasteiger partial charge < -0.3 is 19.4 Å². The number of rotatable bonds is 5. The van der Waals surface area contributed by atoms with Gasteiger partial charge in [-0.1, -0.05) is 12.1 Å². The van der Waals surface area contributed by atoms with E-state index in [0.29, 0.717) is 52.3 Å². The van der Waals surface area contributed by atoms with E-state index in [1.807, 2.05) is 36.1 Å². The van der Waals surface area contributed by atoms with Crippen molar-refractivity contribution in [3.8, 4) is 0 Å². The Balaban J connectivity index is 1.38. The molecular formula is C21H27N5O3. The van der Waals surface area contributed by atoms with E-state index in [1.54, 1.807) is 12.0 Å². The molecule has 0 spiro atoms. The summed E-state index contributed by atoms with van der Waals surface area (Å²) in [7, 11) is 1.62. The first-order valence-corrected chi connectivity index (χ1v) is 10.1. The average molecular weight is 397 g/mol. The lowest BCUT2D eigenvalue weighted by molar-refractivity contribution is -0.136. The van der Waals surface area contributed by atoms with Crippen molar-refractivity contribution >= 4 is 28.7 Å². The second kappa shape index (κ2) is 8.32. The Morgan fingerprint density at radius 1 is 1.14 bits per heavy atom. The van der Waals surface area contributed by atoms with Gasteiger partial charge in [-0.05, 0) is 19.1 Å². The molecule has 2 aliphatic heterocycles. The second-order valence-corrected chi connectivity index (χ2v) is 7.67. The molecule has 0 saturated carbocycles. The van der Waals surface area contributed by atoms with E-state index < -0.39 is 0 Å². The number of ether oxygens (including phenoxy) is 1. The number of likely N-dealkylation sites (tertiary alicyclic amines) is 1. The number of para-hydroxylation sites is 2. The molecule has 4 rings (SSSR count). The number of piperazine rings is 1. The lowest BCUT2D eigenvalue weighted by Crippen LogP contribution is -2.51. The number of methoxy groups -OCH3 is 1.